The number of hydrogen-bond donors (Lipinski definition) is 1. The highest BCUT2D eigenvalue weighted by Gasteiger charge is 2.18. The summed E-state index contributed by atoms with van der Waals surface area (Å²) in [6.45, 7) is 2.00. The molecular formula is C10H9BrN2O2S2. The smallest absolute Gasteiger partial charge is 0.359 e. The lowest BCUT2D eigenvalue weighted by Crippen LogP contribution is -2.04. The number of aromatic nitrogens is 1. The number of esters is 1. The van der Waals surface area contributed by atoms with E-state index in [0.717, 1.165) is 19.2 Å². The highest BCUT2D eigenvalue weighted by Crippen LogP contribution is 2.38. The minimum absolute atomic E-state index is 0.190. The number of halogens is 1. The third kappa shape index (κ3) is 2.36. The number of carbonyl (C=O) groups excluding carboxylic acids is 1. The average Bonchev–Trinajstić information content (AvgIpc) is 2.82. The van der Waals surface area contributed by atoms with E-state index >= 15 is 0 Å². The highest BCUT2D eigenvalue weighted by atomic mass is 79.9. The fourth-order valence-corrected chi connectivity index (χ4v) is 3.65. The van der Waals surface area contributed by atoms with Gasteiger partial charge in [0.05, 0.1) is 15.8 Å². The molecule has 2 rings (SSSR count). The number of nitrogen functional groups attached to an aromatic ring is 1. The lowest BCUT2D eigenvalue weighted by Gasteiger charge is -1.93. The number of thiophene rings is 1. The molecule has 0 fully saturated rings. The van der Waals surface area contributed by atoms with Gasteiger partial charge in [-0.15, -0.1) is 11.3 Å². The average molecular weight is 333 g/mol. The fourth-order valence-electron chi connectivity index (χ4n) is 1.25. The van der Waals surface area contributed by atoms with Crippen LogP contribution in [0, 0.1) is 6.92 Å². The van der Waals surface area contributed by atoms with Crippen molar-refractivity contribution in [3.8, 4) is 9.88 Å². The molecule has 2 heterocycles. The normalized spacial score (nSPS) is 10.5. The first-order valence-electron chi connectivity index (χ1n) is 4.64. The molecule has 0 radical (unpaired) electrons. The number of hydrogen-bond acceptors (Lipinski definition) is 6. The third-order valence-electron chi connectivity index (χ3n) is 2.10. The highest BCUT2D eigenvalue weighted by molar-refractivity contribution is 9.11. The largest absolute Gasteiger partial charge is 0.464 e. The van der Waals surface area contributed by atoms with Crippen molar-refractivity contribution in [2.45, 2.75) is 6.92 Å². The van der Waals surface area contributed by atoms with Crippen LogP contribution in [0.2, 0.25) is 0 Å². The Bertz CT molecular complexity index is 557. The Hall–Kier alpha value is -0.920. The van der Waals surface area contributed by atoms with E-state index in [1.54, 1.807) is 11.3 Å². The molecule has 0 spiro atoms. The molecule has 17 heavy (non-hydrogen) atoms. The van der Waals surface area contributed by atoms with E-state index < -0.39 is 5.97 Å². The summed E-state index contributed by atoms with van der Waals surface area (Å²) in [6, 6.07) is 2.01. The van der Waals surface area contributed by atoms with Gasteiger partial charge in [-0.25, -0.2) is 9.78 Å². The minimum atomic E-state index is -0.502. The summed E-state index contributed by atoms with van der Waals surface area (Å²) in [5, 5.41) is 1.12. The SMILES string of the molecule is COC(=O)c1nc(-c2cc(C)c(Br)s2)sc1N. The lowest BCUT2D eigenvalue weighted by atomic mass is 10.3. The number of thiazole rings is 1. The van der Waals surface area contributed by atoms with Crippen LogP contribution in [-0.4, -0.2) is 18.1 Å². The molecule has 0 amide bonds. The molecule has 0 aliphatic carbocycles. The Kier molecular flexibility index (Phi) is 3.50. The number of anilines is 1. The Morgan fingerprint density at radius 2 is 2.24 bits per heavy atom. The Morgan fingerprint density at radius 3 is 2.76 bits per heavy atom. The summed E-state index contributed by atoms with van der Waals surface area (Å²) in [5.74, 6) is -0.502. The van der Waals surface area contributed by atoms with E-state index in [0.29, 0.717) is 5.00 Å². The van der Waals surface area contributed by atoms with Gasteiger partial charge < -0.3 is 10.5 Å². The van der Waals surface area contributed by atoms with Gasteiger partial charge in [0.25, 0.3) is 0 Å². The van der Waals surface area contributed by atoms with E-state index in [4.69, 9.17) is 5.73 Å². The van der Waals surface area contributed by atoms with Crippen LogP contribution >= 0.6 is 38.6 Å². The van der Waals surface area contributed by atoms with Crippen molar-refractivity contribution in [3.63, 3.8) is 0 Å². The van der Waals surface area contributed by atoms with Crippen LogP contribution in [0.3, 0.4) is 0 Å². The summed E-state index contributed by atoms with van der Waals surface area (Å²) in [6.07, 6.45) is 0. The van der Waals surface area contributed by atoms with Gasteiger partial charge >= 0.3 is 5.97 Å². The zero-order valence-electron chi connectivity index (χ0n) is 9.11. The first-order chi connectivity index (χ1) is 8.02. The van der Waals surface area contributed by atoms with Crippen molar-refractivity contribution in [1.82, 2.24) is 4.98 Å². The number of nitrogens with two attached hydrogens (primary N) is 1. The van der Waals surface area contributed by atoms with Crippen molar-refractivity contribution >= 4 is 49.6 Å². The number of aryl methyl sites for hydroxylation is 1. The quantitative estimate of drug-likeness (QED) is 0.857. The van der Waals surface area contributed by atoms with Crippen LogP contribution in [0.1, 0.15) is 16.1 Å². The van der Waals surface area contributed by atoms with Crippen molar-refractivity contribution in [2.75, 3.05) is 12.8 Å². The molecule has 0 aromatic carbocycles. The molecule has 0 unspecified atom stereocenters. The minimum Gasteiger partial charge on any atom is -0.464 e. The monoisotopic (exact) mass is 332 g/mol. The second kappa shape index (κ2) is 4.75. The van der Waals surface area contributed by atoms with E-state index in [1.165, 1.54) is 18.4 Å². The number of ether oxygens (including phenoxy) is 1. The Balaban J connectivity index is 2.44. The molecule has 0 saturated heterocycles. The fraction of sp³-hybridized carbons (Fsp3) is 0.200. The van der Waals surface area contributed by atoms with Gasteiger partial charge in [-0.1, -0.05) is 11.3 Å². The van der Waals surface area contributed by atoms with E-state index in [-0.39, 0.29) is 5.69 Å². The topological polar surface area (TPSA) is 65.2 Å². The number of carbonyl (C=O) groups is 1. The van der Waals surface area contributed by atoms with Crippen molar-refractivity contribution in [1.29, 1.82) is 0 Å². The van der Waals surface area contributed by atoms with Crippen molar-refractivity contribution < 1.29 is 9.53 Å². The standard InChI is InChI=1S/C10H9BrN2O2S2/c1-4-3-5(16-7(4)11)9-13-6(8(12)17-9)10(14)15-2/h3H,12H2,1-2H3. The summed E-state index contributed by atoms with van der Waals surface area (Å²) >= 11 is 6.31. The van der Waals surface area contributed by atoms with Gasteiger partial charge in [0.2, 0.25) is 0 Å². The molecule has 0 aliphatic heterocycles. The molecule has 7 heteroatoms. The van der Waals surface area contributed by atoms with E-state index in [9.17, 15) is 4.79 Å². The molecular weight excluding hydrogens is 324 g/mol. The molecule has 0 saturated carbocycles. The zero-order valence-corrected chi connectivity index (χ0v) is 12.3. The molecule has 2 aromatic rings. The van der Waals surface area contributed by atoms with Crippen LogP contribution in [0.5, 0.6) is 0 Å². The number of nitrogens with zero attached hydrogens (tertiary/aromatic N) is 1. The lowest BCUT2D eigenvalue weighted by molar-refractivity contribution is 0.0596. The van der Waals surface area contributed by atoms with E-state index in [2.05, 4.69) is 25.7 Å². The maximum atomic E-state index is 11.4. The maximum absolute atomic E-state index is 11.4. The molecule has 0 atom stereocenters. The second-order valence-corrected chi connectivity index (χ2v) is 6.69. The predicted molar refractivity (Wildman–Crippen MR) is 73.6 cm³/mol. The molecule has 0 bridgehead atoms. The van der Waals surface area contributed by atoms with Gasteiger partial charge in [0, 0.05) is 0 Å². The first-order valence-corrected chi connectivity index (χ1v) is 7.06. The molecule has 2 aromatic heterocycles. The van der Waals surface area contributed by atoms with Gasteiger partial charge in [-0.2, -0.15) is 0 Å². The van der Waals surface area contributed by atoms with Gasteiger partial charge in [-0.05, 0) is 34.5 Å². The van der Waals surface area contributed by atoms with Gasteiger partial charge in [0.1, 0.15) is 10.0 Å². The Morgan fingerprint density at radius 1 is 1.53 bits per heavy atom. The van der Waals surface area contributed by atoms with Crippen LogP contribution in [0.4, 0.5) is 5.00 Å². The first kappa shape index (κ1) is 12.5. The number of methoxy groups -OCH3 is 1. The summed E-state index contributed by atoms with van der Waals surface area (Å²) in [7, 11) is 1.31. The van der Waals surface area contributed by atoms with Gasteiger partial charge in [0.15, 0.2) is 5.69 Å². The van der Waals surface area contributed by atoms with Crippen LogP contribution in [-0.2, 0) is 4.74 Å². The van der Waals surface area contributed by atoms with E-state index in [1.807, 2.05) is 13.0 Å². The summed E-state index contributed by atoms with van der Waals surface area (Å²) in [4.78, 5) is 16.6. The molecule has 4 nitrogen and oxygen atoms in total. The summed E-state index contributed by atoms with van der Waals surface area (Å²) in [5.41, 5.74) is 7.08. The molecule has 0 aliphatic rings. The zero-order chi connectivity index (χ0) is 12.6. The summed E-state index contributed by atoms with van der Waals surface area (Å²) < 4.78 is 5.67. The van der Waals surface area contributed by atoms with Gasteiger partial charge in [-0.3, -0.25) is 0 Å². The predicted octanol–water partition coefficient (Wildman–Crippen LogP) is 3.31. The van der Waals surface area contributed by atoms with Crippen molar-refractivity contribution in [3.05, 3.63) is 21.1 Å². The second-order valence-electron chi connectivity index (χ2n) is 3.29. The molecule has 2 N–H and O–H groups in total. The van der Waals surface area contributed by atoms with Crippen LogP contribution in [0.25, 0.3) is 9.88 Å². The third-order valence-corrected chi connectivity index (χ3v) is 5.29. The van der Waals surface area contributed by atoms with Crippen LogP contribution < -0.4 is 5.73 Å². The molecule has 90 valence electrons. The maximum Gasteiger partial charge on any atom is 0.359 e. The number of rotatable bonds is 2. The Labute approximate surface area is 115 Å². The van der Waals surface area contributed by atoms with Crippen LogP contribution in [0.15, 0.2) is 9.85 Å². The van der Waals surface area contributed by atoms with Crippen molar-refractivity contribution in [2.24, 2.45) is 0 Å².